The van der Waals surface area contributed by atoms with Crippen LogP contribution in [0.5, 0.6) is 5.75 Å². The highest BCUT2D eigenvalue weighted by Crippen LogP contribution is 2.26. The summed E-state index contributed by atoms with van der Waals surface area (Å²) in [5.74, 6) is 0.454. The van der Waals surface area contributed by atoms with Crippen molar-refractivity contribution in [2.24, 2.45) is 0 Å². The molecule has 0 atom stereocenters. The Hall–Kier alpha value is -4.45. The zero-order valence-corrected chi connectivity index (χ0v) is 23.0. The summed E-state index contributed by atoms with van der Waals surface area (Å²) in [6.07, 6.45) is -2.93. The first-order valence-corrected chi connectivity index (χ1v) is 14.2. The van der Waals surface area contributed by atoms with Crippen molar-refractivity contribution >= 4 is 38.8 Å². The molecule has 8 nitrogen and oxygen atoms in total. The number of sulfone groups is 1. The highest BCUT2D eigenvalue weighted by molar-refractivity contribution is 7.91. The Morgan fingerprint density at radius 1 is 0.951 bits per heavy atom. The lowest BCUT2D eigenvalue weighted by atomic mass is 10.0. The summed E-state index contributed by atoms with van der Waals surface area (Å²) in [6.45, 7) is 1.59. The molecule has 4 aromatic rings. The second kappa shape index (κ2) is 12.4. The summed E-state index contributed by atoms with van der Waals surface area (Å²) in [7, 11) is -1.53. The number of carbonyl (C=O) groups is 1. The molecule has 0 aliphatic carbocycles. The van der Waals surface area contributed by atoms with Crippen molar-refractivity contribution in [3.63, 3.8) is 0 Å². The van der Waals surface area contributed by atoms with Gasteiger partial charge in [-0.25, -0.2) is 13.4 Å². The van der Waals surface area contributed by atoms with E-state index in [1.54, 1.807) is 37.4 Å². The number of rotatable bonds is 11. The minimum absolute atomic E-state index is 0.00183. The first kappa shape index (κ1) is 29.5. The molecule has 1 heterocycles. The van der Waals surface area contributed by atoms with Gasteiger partial charge in [0.15, 0.2) is 9.84 Å². The average molecular weight is 585 g/mol. The van der Waals surface area contributed by atoms with E-state index in [-0.39, 0.29) is 35.0 Å². The third-order valence-corrected chi connectivity index (χ3v) is 7.83. The summed E-state index contributed by atoms with van der Waals surface area (Å²) in [4.78, 5) is 23.3. The topological polar surface area (TPSA) is 101 Å². The maximum Gasteiger partial charge on any atom is 0.573 e. The number of aromatic nitrogens is 2. The molecular weight excluding hydrogens is 557 g/mol. The Morgan fingerprint density at radius 3 is 2.20 bits per heavy atom. The molecule has 0 saturated heterocycles. The lowest BCUT2D eigenvalue weighted by molar-refractivity contribution is -0.274. The van der Waals surface area contributed by atoms with Crippen LogP contribution >= 0.6 is 0 Å². The van der Waals surface area contributed by atoms with E-state index in [1.165, 1.54) is 30.3 Å². The second-order valence-electron chi connectivity index (χ2n) is 9.10. The van der Waals surface area contributed by atoms with E-state index in [4.69, 9.17) is 0 Å². The maximum absolute atomic E-state index is 12.5. The lowest BCUT2D eigenvalue weighted by Gasteiger charge is -2.19. The normalized spacial score (nSPS) is 11.6. The molecule has 0 aliphatic heterocycles. The number of nitrogens with zero attached hydrogens (tertiary/aromatic N) is 3. The SMILES string of the molecule is CCS(=O)(=O)c1cccc(Nc2nccc(N(C)c3ccc(CC(=O)Cc4ccc(OC(F)(F)F)cc4)cc3)n2)c1. The Balaban J connectivity index is 1.37. The number of benzene rings is 3. The Labute approximate surface area is 235 Å². The number of Topliss-reactive ketones (excluding diaryl/α,β-unsaturated/α-hetero) is 1. The van der Waals surface area contributed by atoms with Crippen LogP contribution in [0.2, 0.25) is 0 Å². The fourth-order valence-corrected chi connectivity index (χ4v) is 4.88. The Morgan fingerprint density at radius 2 is 1.59 bits per heavy atom. The molecule has 0 aliphatic rings. The van der Waals surface area contributed by atoms with Crippen molar-refractivity contribution in [3.8, 4) is 5.75 Å². The molecule has 0 bridgehead atoms. The smallest absolute Gasteiger partial charge is 0.406 e. The number of hydrogen-bond donors (Lipinski definition) is 1. The van der Waals surface area contributed by atoms with Gasteiger partial charge in [0.25, 0.3) is 0 Å². The minimum Gasteiger partial charge on any atom is -0.406 e. The van der Waals surface area contributed by atoms with Crippen molar-refractivity contribution in [1.82, 2.24) is 9.97 Å². The molecule has 3 aromatic carbocycles. The zero-order chi connectivity index (χ0) is 29.6. The van der Waals surface area contributed by atoms with Crippen LogP contribution in [-0.4, -0.2) is 43.3 Å². The number of nitrogens with one attached hydrogen (secondary N) is 1. The summed E-state index contributed by atoms with van der Waals surface area (Å²) in [5.41, 5.74) is 2.73. The third-order valence-electron chi connectivity index (χ3n) is 6.10. The molecule has 0 unspecified atom stereocenters. The molecule has 1 N–H and O–H groups in total. The van der Waals surface area contributed by atoms with Crippen LogP contribution in [0.1, 0.15) is 18.1 Å². The first-order valence-electron chi connectivity index (χ1n) is 12.5. The number of halogens is 3. The van der Waals surface area contributed by atoms with Gasteiger partial charge in [-0.05, 0) is 59.7 Å². The van der Waals surface area contributed by atoms with E-state index in [1.807, 2.05) is 36.2 Å². The molecule has 0 saturated carbocycles. The predicted octanol–water partition coefficient (Wildman–Crippen LogP) is 6.03. The molecule has 0 amide bonds. The fraction of sp³-hybridized carbons (Fsp3) is 0.207. The molecular formula is C29H27F3N4O4S. The van der Waals surface area contributed by atoms with Gasteiger partial charge in [-0.2, -0.15) is 4.98 Å². The van der Waals surface area contributed by atoms with E-state index in [0.29, 0.717) is 23.0 Å². The van der Waals surface area contributed by atoms with Crippen LogP contribution in [0, 0.1) is 0 Å². The highest BCUT2D eigenvalue weighted by atomic mass is 32.2. The Kier molecular flexibility index (Phi) is 8.92. The van der Waals surface area contributed by atoms with Crippen LogP contribution in [0.4, 0.5) is 36.3 Å². The van der Waals surface area contributed by atoms with Gasteiger partial charge in [0.2, 0.25) is 5.95 Å². The molecule has 1 aromatic heterocycles. The Bertz CT molecular complexity index is 1610. The number of hydrogen-bond acceptors (Lipinski definition) is 8. The van der Waals surface area contributed by atoms with Gasteiger partial charge in [0, 0.05) is 37.5 Å². The summed E-state index contributed by atoms with van der Waals surface area (Å²) in [6, 6.07) is 20.8. The van der Waals surface area contributed by atoms with Crippen molar-refractivity contribution < 1.29 is 31.1 Å². The van der Waals surface area contributed by atoms with E-state index in [9.17, 15) is 26.4 Å². The standard InChI is InChI=1S/C29H27F3N4O4S/c1-3-41(38,39)26-6-4-5-22(19-26)34-28-33-16-15-27(35-28)36(2)23-11-7-20(8-12-23)17-24(37)18-21-9-13-25(14-10-21)40-29(30,31)32/h4-16,19H,3,17-18H2,1-2H3,(H,33,34,35). The fourth-order valence-electron chi connectivity index (χ4n) is 3.96. The highest BCUT2D eigenvalue weighted by Gasteiger charge is 2.31. The molecule has 0 fully saturated rings. The van der Waals surface area contributed by atoms with E-state index in [2.05, 4.69) is 20.0 Å². The van der Waals surface area contributed by atoms with Gasteiger partial charge in [0.05, 0.1) is 10.6 Å². The molecule has 4 rings (SSSR count). The van der Waals surface area contributed by atoms with Crippen LogP contribution in [0.15, 0.2) is 90.0 Å². The average Bonchev–Trinajstić information content (AvgIpc) is 2.93. The van der Waals surface area contributed by atoms with Gasteiger partial charge in [-0.15, -0.1) is 13.2 Å². The van der Waals surface area contributed by atoms with E-state index in [0.717, 1.165) is 11.3 Å². The first-order chi connectivity index (χ1) is 19.4. The van der Waals surface area contributed by atoms with Crippen molar-refractivity contribution in [1.29, 1.82) is 0 Å². The number of ether oxygens (including phenoxy) is 1. The quantitative estimate of drug-likeness (QED) is 0.228. The number of carbonyl (C=O) groups excluding carboxylic acids is 1. The van der Waals surface area contributed by atoms with Crippen LogP contribution in [-0.2, 0) is 27.5 Å². The van der Waals surface area contributed by atoms with Crippen LogP contribution < -0.4 is 15.0 Å². The summed E-state index contributed by atoms with van der Waals surface area (Å²) >= 11 is 0. The molecule has 12 heteroatoms. The maximum atomic E-state index is 12.5. The lowest BCUT2D eigenvalue weighted by Crippen LogP contribution is -2.17. The monoisotopic (exact) mass is 584 g/mol. The second-order valence-corrected chi connectivity index (χ2v) is 11.4. The van der Waals surface area contributed by atoms with Gasteiger partial charge in [-0.3, -0.25) is 4.79 Å². The van der Waals surface area contributed by atoms with Gasteiger partial charge in [0.1, 0.15) is 17.4 Å². The van der Waals surface area contributed by atoms with Gasteiger partial charge in [-0.1, -0.05) is 37.3 Å². The molecule has 0 spiro atoms. The molecule has 214 valence electrons. The zero-order valence-electron chi connectivity index (χ0n) is 22.2. The number of anilines is 4. The summed E-state index contributed by atoms with van der Waals surface area (Å²) < 4.78 is 65.2. The number of ketones is 1. The molecule has 41 heavy (non-hydrogen) atoms. The van der Waals surface area contributed by atoms with Crippen LogP contribution in [0.3, 0.4) is 0 Å². The van der Waals surface area contributed by atoms with Crippen LogP contribution in [0.25, 0.3) is 0 Å². The van der Waals surface area contributed by atoms with E-state index < -0.39 is 16.2 Å². The summed E-state index contributed by atoms with van der Waals surface area (Å²) in [5, 5.41) is 3.04. The van der Waals surface area contributed by atoms with Crippen molar-refractivity contribution in [2.45, 2.75) is 31.0 Å². The van der Waals surface area contributed by atoms with E-state index >= 15 is 0 Å². The van der Waals surface area contributed by atoms with Crippen molar-refractivity contribution in [2.75, 3.05) is 23.0 Å². The van der Waals surface area contributed by atoms with Gasteiger partial charge >= 0.3 is 6.36 Å². The van der Waals surface area contributed by atoms with Crippen molar-refractivity contribution in [3.05, 3.63) is 96.2 Å². The number of alkyl halides is 3. The molecule has 0 radical (unpaired) electrons. The predicted molar refractivity (Wildman–Crippen MR) is 150 cm³/mol. The third kappa shape index (κ3) is 8.27. The van der Waals surface area contributed by atoms with Gasteiger partial charge < -0.3 is 15.0 Å². The largest absolute Gasteiger partial charge is 0.573 e. The minimum atomic E-state index is -4.77.